The van der Waals surface area contributed by atoms with Gasteiger partial charge in [-0.2, -0.15) is 0 Å². The van der Waals surface area contributed by atoms with Gasteiger partial charge < -0.3 is 15.3 Å². The lowest BCUT2D eigenvalue weighted by Gasteiger charge is -2.56. The maximum atomic E-state index is 11.1. The molecule has 0 bridgehead atoms. The third-order valence-corrected chi connectivity index (χ3v) is 10.0. The lowest BCUT2D eigenvalue weighted by atomic mass is 9.49. The van der Waals surface area contributed by atoms with Crippen molar-refractivity contribution in [1.29, 1.82) is 0 Å². The predicted molar refractivity (Wildman–Crippen MR) is 134 cm³/mol. The Morgan fingerprint density at radius 2 is 1.88 bits per heavy atom. The number of aliphatic hydroxyl groups is 3. The topological polar surface area (TPSA) is 60.7 Å². The number of allylic oxidation sites excluding steroid dienone is 5. The van der Waals surface area contributed by atoms with Crippen molar-refractivity contribution in [2.75, 3.05) is 0 Å². The minimum Gasteiger partial charge on any atom is -0.393 e. The largest absolute Gasteiger partial charge is 0.393 e. The van der Waals surface area contributed by atoms with E-state index in [1.165, 1.54) is 11.1 Å². The molecule has 4 rings (SSSR count). The van der Waals surface area contributed by atoms with Crippen molar-refractivity contribution in [3.05, 3.63) is 34.9 Å². The van der Waals surface area contributed by atoms with Crippen molar-refractivity contribution in [1.82, 2.24) is 0 Å². The molecule has 0 spiro atoms. The molecule has 4 aliphatic carbocycles. The molecule has 0 aromatic carbocycles. The van der Waals surface area contributed by atoms with Crippen LogP contribution in [0.15, 0.2) is 34.9 Å². The zero-order chi connectivity index (χ0) is 24.0. The first-order chi connectivity index (χ1) is 15.6. The van der Waals surface area contributed by atoms with Crippen molar-refractivity contribution in [3.63, 3.8) is 0 Å². The average molecular weight is 453 g/mol. The summed E-state index contributed by atoms with van der Waals surface area (Å²) < 4.78 is 0. The molecule has 0 heterocycles. The summed E-state index contributed by atoms with van der Waals surface area (Å²) in [6.07, 6.45) is 13.9. The Labute approximate surface area is 201 Å². The molecule has 3 N–H and O–H groups in total. The third-order valence-electron chi connectivity index (χ3n) is 10.0. The normalized spacial score (nSPS) is 38.6. The Balaban J connectivity index is 1.49. The van der Waals surface area contributed by atoms with Gasteiger partial charge in [0.25, 0.3) is 0 Å². The van der Waals surface area contributed by atoms with Crippen LogP contribution >= 0.6 is 0 Å². The first-order valence-corrected chi connectivity index (χ1v) is 13.3. The SMILES string of the molecule is CCC(O)(C#CCC[C@H](C)C1=CCC2C3=CC=C4C[C@@H](O)C[C@H](O)[C@]4(C)C3CC[C@]12C)CC. The Bertz CT molecular complexity index is 911. The van der Waals surface area contributed by atoms with E-state index in [0.29, 0.717) is 43.4 Å². The van der Waals surface area contributed by atoms with Crippen LogP contribution in [0.25, 0.3) is 0 Å². The van der Waals surface area contributed by atoms with Gasteiger partial charge in [-0.15, -0.1) is 5.92 Å². The van der Waals surface area contributed by atoms with Crippen molar-refractivity contribution in [2.24, 2.45) is 28.6 Å². The van der Waals surface area contributed by atoms with Crippen LogP contribution in [0.5, 0.6) is 0 Å². The highest BCUT2D eigenvalue weighted by atomic mass is 16.3. The maximum absolute atomic E-state index is 11.1. The number of hydrogen-bond acceptors (Lipinski definition) is 3. The van der Waals surface area contributed by atoms with E-state index < -0.39 is 17.8 Å². The molecular weight excluding hydrogens is 408 g/mol. The minimum atomic E-state index is -0.832. The first-order valence-electron chi connectivity index (χ1n) is 13.3. The molecule has 0 aliphatic heterocycles. The third kappa shape index (κ3) is 4.07. The summed E-state index contributed by atoms with van der Waals surface area (Å²) in [5, 5.41) is 31.7. The monoisotopic (exact) mass is 452 g/mol. The van der Waals surface area contributed by atoms with Crippen LogP contribution in [-0.2, 0) is 0 Å². The quantitative estimate of drug-likeness (QED) is 0.370. The highest BCUT2D eigenvalue weighted by Gasteiger charge is 2.56. The molecule has 0 aromatic heterocycles. The van der Waals surface area contributed by atoms with Gasteiger partial charge >= 0.3 is 0 Å². The smallest absolute Gasteiger partial charge is 0.125 e. The van der Waals surface area contributed by atoms with Gasteiger partial charge in [-0.1, -0.05) is 75.5 Å². The summed E-state index contributed by atoms with van der Waals surface area (Å²) >= 11 is 0. The molecule has 0 saturated heterocycles. The van der Waals surface area contributed by atoms with E-state index >= 15 is 0 Å². The summed E-state index contributed by atoms with van der Waals surface area (Å²) in [5.74, 6) is 7.76. The number of aliphatic hydroxyl groups excluding tert-OH is 2. The van der Waals surface area contributed by atoms with E-state index in [2.05, 4.69) is 50.8 Å². The number of fused-ring (bicyclic) bond motifs is 5. The van der Waals surface area contributed by atoms with Crippen LogP contribution in [0.2, 0.25) is 0 Å². The van der Waals surface area contributed by atoms with Gasteiger partial charge in [-0.3, -0.25) is 0 Å². The van der Waals surface area contributed by atoms with E-state index in [-0.39, 0.29) is 10.8 Å². The van der Waals surface area contributed by atoms with Gasteiger partial charge in [0.05, 0.1) is 12.2 Å². The molecule has 3 heteroatoms. The highest BCUT2D eigenvalue weighted by Crippen LogP contribution is 2.64. The van der Waals surface area contributed by atoms with Crippen molar-refractivity contribution >= 4 is 0 Å². The molecule has 3 nitrogen and oxygen atoms in total. The van der Waals surface area contributed by atoms with Crippen LogP contribution < -0.4 is 0 Å². The van der Waals surface area contributed by atoms with Gasteiger partial charge in [0.1, 0.15) is 5.60 Å². The predicted octanol–water partition coefficient (Wildman–Crippen LogP) is 5.71. The van der Waals surface area contributed by atoms with Gasteiger partial charge in [-0.25, -0.2) is 0 Å². The Kier molecular flexibility index (Phi) is 6.78. The van der Waals surface area contributed by atoms with E-state index in [0.717, 1.165) is 32.1 Å². The van der Waals surface area contributed by atoms with E-state index in [9.17, 15) is 15.3 Å². The van der Waals surface area contributed by atoms with E-state index in [1.807, 2.05) is 13.8 Å². The van der Waals surface area contributed by atoms with Crippen LogP contribution in [0, 0.1) is 40.4 Å². The fourth-order valence-corrected chi connectivity index (χ4v) is 7.53. The van der Waals surface area contributed by atoms with Crippen molar-refractivity contribution in [3.8, 4) is 11.8 Å². The molecule has 2 unspecified atom stereocenters. The van der Waals surface area contributed by atoms with Crippen LogP contribution in [-0.4, -0.2) is 33.1 Å². The molecule has 2 saturated carbocycles. The summed E-state index contributed by atoms with van der Waals surface area (Å²) in [7, 11) is 0. The zero-order valence-corrected chi connectivity index (χ0v) is 21.3. The summed E-state index contributed by atoms with van der Waals surface area (Å²) in [5.41, 5.74) is 3.48. The summed E-state index contributed by atoms with van der Waals surface area (Å²) in [6, 6.07) is 0. The minimum absolute atomic E-state index is 0.184. The second kappa shape index (κ2) is 9.03. The van der Waals surface area contributed by atoms with Crippen LogP contribution in [0.3, 0.4) is 0 Å². The molecule has 0 radical (unpaired) electrons. The Hall–Kier alpha value is -1.34. The molecule has 0 aromatic rings. The molecule has 4 aliphatic rings. The molecule has 0 amide bonds. The average Bonchev–Trinajstić information content (AvgIpc) is 3.15. The second-order valence-electron chi connectivity index (χ2n) is 11.7. The van der Waals surface area contributed by atoms with Crippen molar-refractivity contribution < 1.29 is 15.3 Å². The molecular formula is C30H44O3. The summed E-state index contributed by atoms with van der Waals surface area (Å²) in [4.78, 5) is 0. The second-order valence-corrected chi connectivity index (χ2v) is 11.7. The lowest BCUT2D eigenvalue weighted by Crippen LogP contribution is -2.52. The highest BCUT2D eigenvalue weighted by molar-refractivity contribution is 5.43. The molecule has 7 atom stereocenters. The van der Waals surface area contributed by atoms with E-state index in [1.54, 1.807) is 5.57 Å². The number of hydrogen-bond donors (Lipinski definition) is 3. The molecule has 2 fully saturated rings. The molecule has 182 valence electrons. The van der Waals surface area contributed by atoms with Crippen LogP contribution in [0.1, 0.15) is 92.4 Å². The summed E-state index contributed by atoms with van der Waals surface area (Å²) in [6.45, 7) is 11.0. The van der Waals surface area contributed by atoms with Gasteiger partial charge in [-0.05, 0) is 68.1 Å². The van der Waals surface area contributed by atoms with Gasteiger partial charge in [0, 0.05) is 18.3 Å². The lowest BCUT2D eigenvalue weighted by molar-refractivity contribution is -0.0492. The maximum Gasteiger partial charge on any atom is 0.125 e. The first kappa shape index (κ1) is 24.8. The van der Waals surface area contributed by atoms with Crippen molar-refractivity contribution in [2.45, 2.75) is 110 Å². The Morgan fingerprint density at radius 3 is 2.58 bits per heavy atom. The van der Waals surface area contributed by atoms with Crippen LogP contribution in [0.4, 0.5) is 0 Å². The zero-order valence-electron chi connectivity index (χ0n) is 21.3. The fraction of sp³-hybridized carbons (Fsp3) is 0.733. The Morgan fingerprint density at radius 1 is 1.15 bits per heavy atom. The molecule has 33 heavy (non-hydrogen) atoms. The standard InChI is InChI=1S/C30H44O3/c1-6-30(33,7-2)16-9-8-10-20(3)24-13-14-25-23-12-11-21-18-22(31)19-27(32)29(21,5)26(23)15-17-28(24,25)4/h11-13,20,22,25-27,31-33H,6-8,10,14-15,17-19H2,1-5H3/t20-,22+,25?,26?,27-,28+,29-/m0/s1. The van der Waals surface area contributed by atoms with E-state index in [4.69, 9.17) is 0 Å². The number of rotatable bonds is 5. The van der Waals surface area contributed by atoms with Gasteiger partial charge in [0.15, 0.2) is 0 Å². The fourth-order valence-electron chi connectivity index (χ4n) is 7.53. The van der Waals surface area contributed by atoms with Gasteiger partial charge in [0.2, 0.25) is 0 Å².